The normalized spacial score (nSPS) is 11.6. The summed E-state index contributed by atoms with van der Waals surface area (Å²) < 4.78 is 0. The molecule has 0 aliphatic carbocycles. The number of nitrogens with two attached hydrogens (primary N) is 1. The minimum Gasteiger partial charge on any atom is -0.338 e. The van der Waals surface area contributed by atoms with Crippen LogP contribution in [-0.2, 0) is 4.79 Å². The first kappa shape index (κ1) is 16.0. The van der Waals surface area contributed by atoms with Crippen LogP contribution in [0.1, 0.15) is 26.7 Å². The molecule has 0 aliphatic rings. The Hall–Kier alpha value is -2.08. The third kappa shape index (κ3) is 6.19. The molecule has 3 amide bonds. The van der Waals surface area contributed by atoms with E-state index in [4.69, 9.17) is 5.73 Å². The van der Waals surface area contributed by atoms with Crippen LogP contribution in [0.3, 0.4) is 0 Å². The van der Waals surface area contributed by atoms with Gasteiger partial charge in [-0.2, -0.15) is 0 Å². The predicted octanol–water partition coefficient (Wildman–Crippen LogP) is 1.89. The zero-order chi connectivity index (χ0) is 15.0. The van der Waals surface area contributed by atoms with Gasteiger partial charge in [0.2, 0.25) is 5.91 Å². The van der Waals surface area contributed by atoms with Crippen LogP contribution in [0.4, 0.5) is 16.2 Å². The molecule has 0 saturated carbocycles. The van der Waals surface area contributed by atoms with E-state index in [0.717, 1.165) is 0 Å². The van der Waals surface area contributed by atoms with Gasteiger partial charge in [-0.05, 0) is 38.5 Å². The van der Waals surface area contributed by atoms with Crippen molar-refractivity contribution >= 4 is 23.3 Å². The monoisotopic (exact) mass is 278 g/mol. The third-order valence-electron chi connectivity index (χ3n) is 2.57. The minimum absolute atomic E-state index is 0.00601. The van der Waals surface area contributed by atoms with E-state index in [1.807, 2.05) is 13.8 Å². The first-order chi connectivity index (χ1) is 9.51. The summed E-state index contributed by atoms with van der Waals surface area (Å²) in [4.78, 5) is 23.1. The second kappa shape index (κ2) is 8.16. The van der Waals surface area contributed by atoms with Crippen LogP contribution in [0.25, 0.3) is 0 Å². The highest BCUT2D eigenvalue weighted by Crippen LogP contribution is 2.15. The number of anilines is 2. The fourth-order valence-electron chi connectivity index (χ4n) is 1.59. The first-order valence-electron chi connectivity index (χ1n) is 6.71. The van der Waals surface area contributed by atoms with E-state index in [2.05, 4.69) is 16.0 Å². The maximum atomic E-state index is 11.7. The van der Waals surface area contributed by atoms with Gasteiger partial charge in [0.15, 0.2) is 0 Å². The van der Waals surface area contributed by atoms with Gasteiger partial charge in [-0.1, -0.05) is 6.07 Å². The van der Waals surface area contributed by atoms with E-state index in [9.17, 15) is 9.59 Å². The topological polar surface area (TPSA) is 96.2 Å². The molecule has 0 fully saturated rings. The second-order valence-electron chi connectivity index (χ2n) is 4.63. The Bertz CT molecular complexity index is 460. The summed E-state index contributed by atoms with van der Waals surface area (Å²) in [5.41, 5.74) is 6.88. The fraction of sp³-hybridized carbons (Fsp3) is 0.429. The van der Waals surface area contributed by atoms with E-state index in [1.165, 1.54) is 0 Å². The largest absolute Gasteiger partial charge is 0.338 e. The van der Waals surface area contributed by atoms with Gasteiger partial charge >= 0.3 is 6.03 Å². The highest BCUT2D eigenvalue weighted by molar-refractivity contribution is 5.93. The molecule has 1 unspecified atom stereocenters. The molecule has 5 N–H and O–H groups in total. The Morgan fingerprint density at radius 1 is 1.25 bits per heavy atom. The van der Waals surface area contributed by atoms with Crippen molar-refractivity contribution in [1.29, 1.82) is 0 Å². The maximum Gasteiger partial charge on any atom is 0.319 e. The minimum atomic E-state index is -0.270. The van der Waals surface area contributed by atoms with Gasteiger partial charge in [-0.25, -0.2) is 4.79 Å². The van der Waals surface area contributed by atoms with Crippen molar-refractivity contribution in [2.45, 2.75) is 32.7 Å². The van der Waals surface area contributed by atoms with Crippen LogP contribution in [0.5, 0.6) is 0 Å². The van der Waals surface area contributed by atoms with Crippen molar-refractivity contribution in [3.05, 3.63) is 24.3 Å². The lowest BCUT2D eigenvalue weighted by Gasteiger charge is -2.09. The molecular weight excluding hydrogens is 256 g/mol. The lowest BCUT2D eigenvalue weighted by atomic mass is 10.2. The molecule has 1 aromatic rings. The van der Waals surface area contributed by atoms with Gasteiger partial charge in [0, 0.05) is 30.4 Å². The number of rotatable bonds is 6. The lowest BCUT2D eigenvalue weighted by molar-refractivity contribution is -0.116. The number of hydrogen-bond donors (Lipinski definition) is 4. The summed E-state index contributed by atoms with van der Waals surface area (Å²) in [6.45, 7) is 4.26. The zero-order valence-corrected chi connectivity index (χ0v) is 11.9. The Morgan fingerprint density at radius 2 is 1.90 bits per heavy atom. The summed E-state index contributed by atoms with van der Waals surface area (Å²) in [6.07, 6.45) is 1.02. The van der Waals surface area contributed by atoms with Crippen molar-refractivity contribution < 1.29 is 9.59 Å². The predicted molar refractivity (Wildman–Crippen MR) is 80.7 cm³/mol. The first-order valence-corrected chi connectivity index (χ1v) is 6.71. The van der Waals surface area contributed by atoms with Crippen LogP contribution in [-0.4, -0.2) is 24.5 Å². The SMILES string of the molecule is CCNC(=O)Nc1cccc(NC(=O)CCC(C)N)c1. The number of benzene rings is 1. The van der Waals surface area contributed by atoms with Gasteiger partial charge in [-0.3, -0.25) is 4.79 Å². The van der Waals surface area contributed by atoms with E-state index in [0.29, 0.717) is 30.8 Å². The van der Waals surface area contributed by atoms with Gasteiger partial charge in [-0.15, -0.1) is 0 Å². The quantitative estimate of drug-likeness (QED) is 0.640. The molecular formula is C14H22N4O2. The molecule has 0 aliphatic heterocycles. The van der Waals surface area contributed by atoms with Crippen molar-refractivity contribution in [1.82, 2.24) is 5.32 Å². The summed E-state index contributed by atoms with van der Waals surface area (Å²) in [5.74, 6) is -0.0857. The molecule has 6 heteroatoms. The summed E-state index contributed by atoms with van der Waals surface area (Å²) in [7, 11) is 0. The van der Waals surface area contributed by atoms with E-state index in [1.54, 1.807) is 24.3 Å². The number of carbonyl (C=O) groups is 2. The average Bonchev–Trinajstić information content (AvgIpc) is 2.37. The van der Waals surface area contributed by atoms with Gasteiger partial charge < -0.3 is 21.7 Å². The molecule has 1 aromatic carbocycles. The Balaban J connectivity index is 2.55. The van der Waals surface area contributed by atoms with Crippen molar-refractivity contribution in [3.63, 3.8) is 0 Å². The highest BCUT2D eigenvalue weighted by Gasteiger charge is 2.05. The fourth-order valence-corrected chi connectivity index (χ4v) is 1.59. The zero-order valence-electron chi connectivity index (χ0n) is 11.9. The molecule has 6 nitrogen and oxygen atoms in total. The van der Waals surface area contributed by atoms with Crippen LogP contribution >= 0.6 is 0 Å². The van der Waals surface area contributed by atoms with E-state index < -0.39 is 0 Å². The molecule has 0 aromatic heterocycles. The number of carbonyl (C=O) groups excluding carboxylic acids is 2. The molecule has 0 saturated heterocycles. The number of nitrogens with one attached hydrogen (secondary N) is 3. The van der Waals surface area contributed by atoms with Crippen molar-refractivity contribution in [2.75, 3.05) is 17.2 Å². The van der Waals surface area contributed by atoms with Gasteiger partial charge in [0.25, 0.3) is 0 Å². The van der Waals surface area contributed by atoms with E-state index in [-0.39, 0.29) is 18.0 Å². The summed E-state index contributed by atoms with van der Waals surface area (Å²) in [5, 5.41) is 8.10. The number of amides is 3. The van der Waals surface area contributed by atoms with Crippen LogP contribution in [0, 0.1) is 0 Å². The number of urea groups is 1. The average molecular weight is 278 g/mol. The molecule has 0 radical (unpaired) electrons. The summed E-state index contributed by atoms with van der Waals surface area (Å²) in [6, 6.07) is 6.74. The standard InChI is InChI=1S/C14H22N4O2/c1-3-16-14(20)18-12-6-4-5-11(9-12)17-13(19)8-7-10(2)15/h4-6,9-10H,3,7-8,15H2,1-2H3,(H,17,19)(H2,16,18,20). The Kier molecular flexibility index (Phi) is 6.52. The molecule has 1 atom stereocenters. The van der Waals surface area contributed by atoms with Crippen molar-refractivity contribution in [2.24, 2.45) is 5.73 Å². The van der Waals surface area contributed by atoms with Gasteiger partial charge in [0.05, 0.1) is 0 Å². The highest BCUT2D eigenvalue weighted by atomic mass is 16.2. The van der Waals surface area contributed by atoms with Crippen LogP contribution < -0.4 is 21.7 Å². The lowest BCUT2D eigenvalue weighted by Crippen LogP contribution is -2.28. The van der Waals surface area contributed by atoms with E-state index >= 15 is 0 Å². The molecule has 20 heavy (non-hydrogen) atoms. The Morgan fingerprint density at radius 3 is 2.50 bits per heavy atom. The Labute approximate surface area is 119 Å². The van der Waals surface area contributed by atoms with Gasteiger partial charge in [0.1, 0.15) is 0 Å². The molecule has 0 spiro atoms. The molecule has 0 heterocycles. The smallest absolute Gasteiger partial charge is 0.319 e. The maximum absolute atomic E-state index is 11.7. The molecule has 1 rings (SSSR count). The number of hydrogen-bond acceptors (Lipinski definition) is 3. The van der Waals surface area contributed by atoms with Crippen LogP contribution in [0.15, 0.2) is 24.3 Å². The second-order valence-corrected chi connectivity index (χ2v) is 4.63. The summed E-state index contributed by atoms with van der Waals surface area (Å²) >= 11 is 0. The molecule has 110 valence electrons. The van der Waals surface area contributed by atoms with Crippen molar-refractivity contribution in [3.8, 4) is 0 Å². The van der Waals surface area contributed by atoms with Crippen LogP contribution in [0.2, 0.25) is 0 Å². The molecule has 0 bridgehead atoms. The third-order valence-corrected chi connectivity index (χ3v) is 2.57.